The number of hydrogen-bond acceptors (Lipinski definition) is 4. The van der Waals surface area contributed by atoms with Gasteiger partial charge < -0.3 is 10.2 Å². The van der Waals surface area contributed by atoms with E-state index in [1.165, 1.54) is 0 Å². The Labute approximate surface area is 101 Å². The van der Waals surface area contributed by atoms with Crippen LogP contribution in [0.4, 0.5) is 0 Å². The van der Waals surface area contributed by atoms with Gasteiger partial charge in [-0.15, -0.1) is 0 Å². The van der Waals surface area contributed by atoms with E-state index in [4.69, 9.17) is 0 Å². The van der Waals surface area contributed by atoms with Gasteiger partial charge in [0.1, 0.15) is 11.5 Å². The SMILES string of the molecule is CCc1nc(C)cc(C(=O)N2CCNCC2)n1. The minimum absolute atomic E-state index is 0.0201. The molecule has 5 heteroatoms. The van der Waals surface area contributed by atoms with Gasteiger partial charge in [0, 0.05) is 38.3 Å². The number of aryl methyl sites for hydroxylation is 2. The van der Waals surface area contributed by atoms with Crippen LogP contribution in [0.2, 0.25) is 0 Å². The minimum atomic E-state index is 0.0201. The Morgan fingerprint density at radius 3 is 2.76 bits per heavy atom. The second-order valence-electron chi connectivity index (χ2n) is 4.21. The van der Waals surface area contributed by atoms with Crippen molar-refractivity contribution in [3.05, 3.63) is 23.3 Å². The van der Waals surface area contributed by atoms with Gasteiger partial charge in [0.2, 0.25) is 0 Å². The Bertz CT molecular complexity index is 413. The van der Waals surface area contributed by atoms with Crippen molar-refractivity contribution < 1.29 is 4.79 Å². The van der Waals surface area contributed by atoms with Crippen molar-refractivity contribution in [2.24, 2.45) is 0 Å². The number of piperazine rings is 1. The molecule has 1 N–H and O–H groups in total. The zero-order valence-corrected chi connectivity index (χ0v) is 10.4. The lowest BCUT2D eigenvalue weighted by atomic mass is 10.2. The average Bonchev–Trinajstić information content (AvgIpc) is 2.38. The van der Waals surface area contributed by atoms with Crippen molar-refractivity contribution in [1.82, 2.24) is 20.2 Å². The van der Waals surface area contributed by atoms with Crippen molar-refractivity contribution in [3.63, 3.8) is 0 Å². The summed E-state index contributed by atoms with van der Waals surface area (Å²) < 4.78 is 0. The molecule has 0 bridgehead atoms. The molecule has 1 aliphatic rings. The molecule has 0 atom stereocenters. The van der Waals surface area contributed by atoms with E-state index in [9.17, 15) is 4.79 Å². The maximum atomic E-state index is 12.2. The van der Waals surface area contributed by atoms with Gasteiger partial charge in [-0.1, -0.05) is 6.92 Å². The summed E-state index contributed by atoms with van der Waals surface area (Å²) in [5.41, 5.74) is 1.38. The van der Waals surface area contributed by atoms with Crippen molar-refractivity contribution in [3.8, 4) is 0 Å². The number of carbonyl (C=O) groups excluding carboxylic acids is 1. The summed E-state index contributed by atoms with van der Waals surface area (Å²) in [6, 6.07) is 1.77. The molecular formula is C12H18N4O. The summed E-state index contributed by atoms with van der Waals surface area (Å²) in [5.74, 6) is 0.759. The molecule has 0 unspecified atom stereocenters. The molecule has 1 aromatic heterocycles. The lowest BCUT2D eigenvalue weighted by molar-refractivity contribution is 0.0729. The lowest BCUT2D eigenvalue weighted by Gasteiger charge is -2.27. The summed E-state index contributed by atoms with van der Waals surface area (Å²) in [7, 11) is 0. The zero-order valence-electron chi connectivity index (χ0n) is 10.4. The number of nitrogens with zero attached hydrogens (tertiary/aromatic N) is 3. The summed E-state index contributed by atoms with van der Waals surface area (Å²) in [6.07, 6.45) is 0.753. The fourth-order valence-corrected chi connectivity index (χ4v) is 1.93. The van der Waals surface area contributed by atoms with Crippen molar-refractivity contribution in [1.29, 1.82) is 0 Å². The quantitative estimate of drug-likeness (QED) is 0.804. The van der Waals surface area contributed by atoms with Crippen LogP contribution in [0.1, 0.15) is 28.9 Å². The molecule has 1 amide bonds. The summed E-state index contributed by atoms with van der Waals surface area (Å²) >= 11 is 0. The average molecular weight is 234 g/mol. The third-order valence-electron chi connectivity index (χ3n) is 2.84. The smallest absolute Gasteiger partial charge is 0.272 e. The predicted octanol–water partition coefficient (Wildman–Crippen LogP) is 0.393. The van der Waals surface area contributed by atoms with E-state index < -0.39 is 0 Å². The number of hydrogen-bond donors (Lipinski definition) is 1. The number of aromatic nitrogens is 2. The number of amides is 1. The topological polar surface area (TPSA) is 58.1 Å². The number of rotatable bonds is 2. The lowest BCUT2D eigenvalue weighted by Crippen LogP contribution is -2.46. The molecule has 5 nitrogen and oxygen atoms in total. The van der Waals surface area contributed by atoms with Crippen LogP contribution in [0.5, 0.6) is 0 Å². The molecule has 0 saturated carbocycles. The van der Waals surface area contributed by atoms with Gasteiger partial charge in [0.15, 0.2) is 0 Å². The third-order valence-corrected chi connectivity index (χ3v) is 2.84. The largest absolute Gasteiger partial charge is 0.335 e. The van der Waals surface area contributed by atoms with Crippen molar-refractivity contribution >= 4 is 5.91 Å². The van der Waals surface area contributed by atoms with Gasteiger partial charge in [-0.2, -0.15) is 0 Å². The van der Waals surface area contributed by atoms with E-state index in [0.29, 0.717) is 5.69 Å². The summed E-state index contributed by atoms with van der Waals surface area (Å²) in [4.78, 5) is 22.7. The number of carbonyl (C=O) groups is 1. The van der Waals surface area contributed by atoms with Crippen molar-refractivity contribution in [2.75, 3.05) is 26.2 Å². The van der Waals surface area contributed by atoms with Gasteiger partial charge in [0.05, 0.1) is 0 Å². The van der Waals surface area contributed by atoms with Crippen LogP contribution >= 0.6 is 0 Å². The summed E-state index contributed by atoms with van der Waals surface area (Å²) in [6.45, 7) is 7.11. The second-order valence-corrected chi connectivity index (χ2v) is 4.21. The van der Waals surface area contributed by atoms with Crippen LogP contribution in [-0.2, 0) is 6.42 Å². The van der Waals surface area contributed by atoms with E-state index in [1.54, 1.807) is 6.07 Å². The molecule has 1 aliphatic heterocycles. The molecule has 1 saturated heterocycles. The van der Waals surface area contributed by atoms with Crippen LogP contribution in [-0.4, -0.2) is 47.0 Å². The molecule has 2 heterocycles. The number of nitrogens with one attached hydrogen (secondary N) is 1. The fourth-order valence-electron chi connectivity index (χ4n) is 1.93. The van der Waals surface area contributed by atoms with E-state index in [-0.39, 0.29) is 5.91 Å². The molecule has 1 fully saturated rings. The van der Waals surface area contributed by atoms with Gasteiger partial charge in [-0.05, 0) is 13.0 Å². The van der Waals surface area contributed by atoms with Gasteiger partial charge in [-0.3, -0.25) is 4.79 Å². The first-order chi connectivity index (χ1) is 8.20. The molecule has 0 aliphatic carbocycles. The highest BCUT2D eigenvalue weighted by Crippen LogP contribution is 2.06. The minimum Gasteiger partial charge on any atom is -0.335 e. The maximum absolute atomic E-state index is 12.2. The Balaban J connectivity index is 2.20. The van der Waals surface area contributed by atoms with Crippen LogP contribution in [0, 0.1) is 6.92 Å². The second kappa shape index (κ2) is 5.23. The highest BCUT2D eigenvalue weighted by atomic mass is 16.2. The molecule has 0 aromatic carbocycles. The molecule has 1 aromatic rings. The Morgan fingerprint density at radius 1 is 1.41 bits per heavy atom. The first-order valence-corrected chi connectivity index (χ1v) is 6.05. The first kappa shape index (κ1) is 12.0. The van der Waals surface area contributed by atoms with Gasteiger partial charge >= 0.3 is 0 Å². The molecule has 17 heavy (non-hydrogen) atoms. The third kappa shape index (κ3) is 2.79. The van der Waals surface area contributed by atoms with Crippen LogP contribution in [0.15, 0.2) is 6.07 Å². The Hall–Kier alpha value is -1.49. The summed E-state index contributed by atoms with van der Waals surface area (Å²) in [5, 5.41) is 3.23. The van der Waals surface area contributed by atoms with Gasteiger partial charge in [0.25, 0.3) is 5.91 Å². The highest BCUT2D eigenvalue weighted by molar-refractivity contribution is 5.92. The predicted molar refractivity (Wildman–Crippen MR) is 64.9 cm³/mol. The monoisotopic (exact) mass is 234 g/mol. The Morgan fingerprint density at radius 2 is 2.12 bits per heavy atom. The maximum Gasteiger partial charge on any atom is 0.272 e. The molecular weight excluding hydrogens is 216 g/mol. The van der Waals surface area contributed by atoms with E-state index in [1.807, 2.05) is 18.7 Å². The van der Waals surface area contributed by atoms with Crippen LogP contribution < -0.4 is 5.32 Å². The van der Waals surface area contributed by atoms with Crippen LogP contribution in [0.3, 0.4) is 0 Å². The highest BCUT2D eigenvalue weighted by Gasteiger charge is 2.19. The first-order valence-electron chi connectivity index (χ1n) is 6.05. The zero-order chi connectivity index (χ0) is 12.3. The molecule has 0 radical (unpaired) electrons. The molecule has 0 spiro atoms. The molecule has 92 valence electrons. The Kier molecular flexibility index (Phi) is 3.68. The molecule has 2 rings (SSSR count). The fraction of sp³-hybridized carbons (Fsp3) is 0.583. The van der Waals surface area contributed by atoms with E-state index in [2.05, 4.69) is 15.3 Å². The van der Waals surface area contributed by atoms with Crippen LogP contribution in [0.25, 0.3) is 0 Å². The normalized spacial score (nSPS) is 16.0. The van der Waals surface area contributed by atoms with E-state index >= 15 is 0 Å². The standard InChI is InChI=1S/C12H18N4O/c1-3-11-14-9(2)8-10(15-11)12(17)16-6-4-13-5-7-16/h8,13H,3-7H2,1-2H3. The van der Waals surface area contributed by atoms with Gasteiger partial charge in [-0.25, -0.2) is 9.97 Å². The van der Waals surface area contributed by atoms with Crippen molar-refractivity contribution in [2.45, 2.75) is 20.3 Å². The van der Waals surface area contributed by atoms with E-state index in [0.717, 1.165) is 44.1 Å².